The highest BCUT2D eigenvalue weighted by atomic mass is 16.5. The number of rotatable bonds is 6. The summed E-state index contributed by atoms with van der Waals surface area (Å²) < 4.78 is 12.3. The van der Waals surface area contributed by atoms with E-state index in [1.807, 2.05) is 18.2 Å². The number of methoxy groups -OCH3 is 2. The van der Waals surface area contributed by atoms with E-state index in [1.165, 1.54) is 0 Å². The van der Waals surface area contributed by atoms with Gasteiger partial charge in [0.1, 0.15) is 11.5 Å². The van der Waals surface area contributed by atoms with Crippen LogP contribution in [-0.4, -0.2) is 36.5 Å². The second kappa shape index (κ2) is 6.80. The fraction of sp³-hybridized carbons (Fsp3) is 0.250. The minimum atomic E-state index is -0.247. The molecule has 1 N–H and O–H groups in total. The summed E-state index contributed by atoms with van der Waals surface area (Å²) in [5.74, 6) is 1.14. The SMILES string of the molecule is C=CCNC(=O)c1cc(-c2cc(OC)ccc2OC)n(C)n1. The second-order valence-corrected chi connectivity index (χ2v) is 4.60. The molecule has 0 saturated heterocycles. The molecule has 6 heteroatoms. The van der Waals surface area contributed by atoms with Gasteiger partial charge in [-0.3, -0.25) is 9.48 Å². The van der Waals surface area contributed by atoms with Gasteiger partial charge in [-0.05, 0) is 24.3 Å². The number of hydrogen-bond acceptors (Lipinski definition) is 4. The van der Waals surface area contributed by atoms with Gasteiger partial charge in [-0.15, -0.1) is 6.58 Å². The molecule has 22 heavy (non-hydrogen) atoms. The van der Waals surface area contributed by atoms with Gasteiger partial charge in [-0.2, -0.15) is 5.10 Å². The van der Waals surface area contributed by atoms with Crippen molar-refractivity contribution in [2.24, 2.45) is 7.05 Å². The predicted molar refractivity (Wildman–Crippen MR) is 84.3 cm³/mol. The van der Waals surface area contributed by atoms with Crippen LogP contribution < -0.4 is 14.8 Å². The number of benzene rings is 1. The first-order valence-corrected chi connectivity index (χ1v) is 6.76. The van der Waals surface area contributed by atoms with E-state index in [2.05, 4.69) is 17.0 Å². The Morgan fingerprint density at radius 3 is 2.77 bits per heavy atom. The summed E-state index contributed by atoms with van der Waals surface area (Å²) in [6.07, 6.45) is 1.62. The number of amides is 1. The van der Waals surface area contributed by atoms with Gasteiger partial charge in [0, 0.05) is 19.2 Å². The van der Waals surface area contributed by atoms with E-state index >= 15 is 0 Å². The Morgan fingerprint density at radius 2 is 2.14 bits per heavy atom. The minimum Gasteiger partial charge on any atom is -0.497 e. The Kier molecular flexibility index (Phi) is 4.83. The molecule has 0 saturated carbocycles. The summed E-state index contributed by atoms with van der Waals surface area (Å²) in [4.78, 5) is 12.0. The van der Waals surface area contributed by atoms with E-state index in [-0.39, 0.29) is 5.91 Å². The van der Waals surface area contributed by atoms with Crippen LogP contribution in [0.1, 0.15) is 10.5 Å². The lowest BCUT2D eigenvalue weighted by Crippen LogP contribution is -2.23. The standard InChI is InChI=1S/C16H19N3O3/c1-5-8-17-16(20)13-10-14(19(2)18-13)12-9-11(21-3)6-7-15(12)22-4/h5-7,9-10H,1,8H2,2-4H3,(H,17,20). The molecule has 1 amide bonds. The Hall–Kier alpha value is -2.76. The average Bonchev–Trinajstić information content (AvgIpc) is 2.93. The Morgan fingerprint density at radius 1 is 1.36 bits per heavy atom. The van der Waals surface area contributed by atoms with Crippen molar-refractivity contribution in [2.75, 3.05) is 20.8 Å². The maximum Gasteiger partial charge on any atom is 0.272 e. The quantitative estimate of drug-likeness (QED) is 0.829. The summed E-state index contributed by atoms with van der Waals surface area (Å²) in [5.41, 5.74) is 1.91. The van der Waals surface area contributed by atoms with Crippen molar-refractivity contribution in [1.82, 2.24) is 15.1 Å². The zero-order chi connectivity index (χ0) is 16.1. The van der Waals surface area contributed by atoms with E-state index in [0.717, 1.165) is 11.3 Å². The molecule has 2 rings (SSSR count). The molecule has 0 bridgehead atoms. The van der Waals surface area contributed by atoms with Crippen LogP contribution in [0.15, 0.2) is 36.9 Å². The fourth-order valence-electron chi connectivity index (χ4n) is 2.10. The van der Waals surface area contributed by atoms with Gasteiger partial charge in [-0.25, -0.2) is 0 Å². The lowest BCUT2D eigenvalue weighted by Gasteiger charge is -2.10. The zero-order valence-corrected chi connectivity index (χ0v) is 12.9. The van der Waals surface area contributed by atoms with Crippen molar-refractivity contribution < 1.29 is 14.3 Å². The van der Waals surface area contributed by atoms with E-state index < -0.39 is 0 Å². The Bertz CT molecular complexity index is 692. The van der Waals surface area contributed by atoms with E-state index in [1.54, 1.807) is 38.1 Å². The number of aryl methyl sites for hydroxylation is 1. The van der Waals surface area contributed by atoms with Gasteiger partial charge in [0.2, 0.25) is 0 Å². The van der Waals surface area contributed by atoms with Crippen molar-refractivity contribution in [2.45, 2.75) is 0 Å². The minimum absolute atomic E-state index is 0.247. The van der Waals surface area contributed by atoms with Crippen LogP contribution in [0.2, 0.25) is 0 Å². The van der Waals surface area contributed by atoms with Crippen molar-refractivity contribution in [1.29, 1.82) is 0 Å². The third-order valence-electron chi connectivity index (χ3n) is 3.20. The van der Waals surface area contributed by atoms with Crippen LogP contribution in [-0.2, 0) is 7.05 Å². The first-order valence-electron chi connectivity index (χ1n) is 6.76. The van der Waals surface area contributed by atoms with Gasteiger partial charge < -0.3 is 14.8 Å². The number of aromatic nitrogens is 2. The van der Waals surface area contributed by atoms with Gasteiger partial charge in [-0.1, -0.05) is 6.08 Å². The maximum atomic E-state index is 12.0. The maximum absolute atomic E-state index is 12.0. The van der Waals surface area contributed by atoms with Crippen LogP contribution in [0.3, 0.4) is 0 Å². The highest BCUT2D eigenvalue weighted by Crippen LogP contribution is 2.33. The Balaban J connectivity index is 2.43. The largest absolute Gasteiger partial charge is 0.497 e. The fourth-order valence-corrected chi connectivity index (χ4v) is 2.10. The lowest BCUT2D eigenvalue weighted by atomic mass is 10.1. The van der Waals surface area contributed by atoms with Gasteiger partial charge in [0.05, 0.1) is 19.9 Å². The number of hydrogen-bond donors (Lipinski definition) is 1. The average molecular weight is 301 g/mol. The molecule has 0 fully saturated rings. The smallest absolute Gasteiger partial charge is 0.272 e. The number of ether oxygens (including phenoxy) is 2. The molecular weight excluding hydrogens is 282 g/mol. The van der Waals surface area contributed by atoms with E-state index in [4.69, 9.17) is 9.47 Å². The molecule has 0 atom stereocenters. The molecule has 0 aliphatic rings. The lowest BCUT2D eigenvalue weighted by molar-refractivity contribution is 0.0952. The normalized spacial score (nSPS) is 10.1. The van der Waals surface area contributed by atoms with Gasteiger partial charge >= 0.3 is 0 Å². The topological polar surface area (TPSA) is 65.4 Å². The zero-order valence-electron chi connectivity index (χ0n) is 12.9. The summed E-state index contributed by atoms with van der Waals surface area (Å²) >= 11 is 0. The van der Waals surface area contributed by atoms with Gasteiger partial charge in [0.15, 0.2) is 5.69 Å². The van der Waals surface area contributed by atoms with Gasteiger partial charge in [0.25, 0.3) is 5.91 Å². The van der Waals surface area contributed by atoms with Crippen LogP contribution in [0, 0.1) is 0 Å². The highest BCUT2D eigenvalue weighted by Gasteiger charge is 2.16. The molecule has 1 aromatic heterocycles. The van der Waals surface area contributed by atoms with E-state index in [9.17, 15) is 4.79 Å². The number of carbonyl (C=O) groups excluding carboxylic acids is 1. The van der Waals surface area contributed by atoms with E-state index in [0.29, 0.717) is 23.7 Å². The molecule has 0 radical (unpaired) electrons. The van der Waals surface area contributed by atoms with Crippen molar-refractivity contribution in [3.63, 3.8) is 0 Å². The molecule has 1 heterocycles. The molecule has 116 valence electrons. The highest BCUT2D eigenvalue weighted by molar-refractivity contribution is 5.93. The van der Waals surface area contributed by atoms with Crippen molar-refractivity contribution in [3.8, 4) is 22.8 Å². The first-order chi connectivity index (χ1) is 10.6. The van der Waals surface area contributed by atoms with Crippen LogP contribution >= 0.6 is 0 Å². The summed E-state index contributed by atoms with van der Waals surface area (Å²) in [6.45, 7) is 3.96. The number of carbonyl (C=O) groups is 1. The molecule has 1 aromatic carbocycles. The predicted octanol–water partition coefficient (Wildman–Crippen LogP) is 2.02. The van der Waals surface area contributed by atoms with Crippen LogP contribution in [0.4, 0.5) is 0 Å². The molecule has 0 aliphatic carbocycles. The first kappa shape index (κ1) is 15.6. The molecule has 0 unspecified atom stereocenters. The molecule has 6 nitrogen and oxygen atoms in total. The van der Waals surface area contributed by atoms with Crippen LogP contribution in [0.5, 0.6) is 11.5 Å². The third-order valence-corrected chi connectivity index (χ3v) is 3.20. The van der Waals surface area contributed by atoms with Crippen molar-refractivity contribution in [3.05, 3.63) is 42.6 Å². The second-order valence-electron chi connectivity index (χ2n) is 4.60. The molecule has 0 spiro atoms. The molecule has 0 aliphatic heterocycles. The number of nitrogens with zero attached hydrogens (tertiary/aromatic N) is 2. The number of nitrogens with one attached hydrogen (secondary N) is 1. The summed E-state index contributed by atoms with van der Waals surface area (Å²) in [7, 11) is 4.97. The Labute approximate surface area is 129 Å². The van der Waals surface area contributed by atoms with Crippen LogP contribution in [0.25, 0.3) is 11.3 Å². The van der Waals surface area contributed by atoms with Crippen molar-refractivity contribution >= 4 is 5.91 Å². The summed E-state index contributed by atoms with van der Waals surface area (Å²) in [5, 5.41) is 6.95. The monoisotopic (exact) mass is 301 g/mol. The third kappa shape index (κ3) is 3.11. The molecule has 2 aromatic rings. The summed E-state index contributed by atoms with van der Waals surface area (Å²) in [6, 6.07) is 7.20. The molecular formula is C16H19N3O3.